The lowest BCUT2D eigenvalue weighted by molar-refractivity contribution is -0.149. The summed E-state index contributed by atoms with van der Waals surface area (Å²) >= 11 is 0. The maximum atomic E-state index is 13.6. The molecule has 3 aromatic carbocycles. The summed E-state index contributed by atoms with van der Waals surface area (Å²) in [5, 5.41) is 12.6. The fourth-order valence-corrected chi connectivity index (χ4v) is 8.71. The van der Waals surface area contributed by atoms with Crippen molar-refractivity contribution in [3.8, 4) is 11.5 Å². The van der Waals surface area contributed by atoms with E-state index >= 15 is 0 Å². The number of hydrogen-bond acceptors (Lipinski definition) is 8. The molecule has 5 atom stereocenters. The number of hydrogen-bond donors (Lipinski definition) is 1. The summed E-state index contributed by atoms with van der Waals surface area (Å²) in [6, 6.07) is 18.2. The average molecular weight is 719 g/mol. The van der Waals surface area contributed by atoms with E-state index in [-0.39, 0.29) is 35.4 Å². The molecule has 0 amide bonds. The van der Waals surface area contributed by atoms with Crippen LogP contribution in [-0.2, 0) is 37.1 Å². The molecule has 0 aliphatic carbocycles. The molecule has 3 saturated heterocycles. The Bertz CT molecular complexity index is 2070. The molecule has 1 unspecified atom stereocenters. The fraction of sp³-hybridized carbons (Fsp3) is 0.489. The van der Waals surface area contributed by atoms with E-state index in [0.29, 0.717) is 29.4 Å². The largest absolute Gasteiger partial charge is 0.465 e. The lowest BCUT2D eigenvalue weighted by Gasteiger charge is -2.51. The van der Waals surface area contributed by atoms with E-state index in [0.717, 1.165) is 70.2 Å². The van der Waals surface area contributed by atoms with Gasteiger partial charge in [-0.15, -0.1) is 0 Å². The van der Waals surface area contributed by atoms with Crippen LogP contribution in [0.4, 0.5) is 0 Å². The van der Waals surface area contributed by atoms with Gasteiger partial charge in [0.1, 0.15) is 23.7 Å². The van der Waals surface area contributed by atoms with Crippen LogP contribution in [-0.4, -0.2) is 53.2 Å². The normalized spacial score (nSPS) is 22.4. The third-order valence-electron chi connectivity index (χ3n) is 12.1. The van der Waals surface area contributed by atoms with Crippen LogP contribution in [0, 0.1) is 11.8 Å². The molecule has 5 heterocycles. The standard InChI is InChI=1S/C45H54N2O6/c1-43(2,3)29-18-28(40-34(22-29)45(7,8)35-23-30(44(4,5)6)21-33(41(35)53-40)42(50)51-9)25-52-38(48)20-27-24-47-17-15-26(27)19-37(47)39(49)32-14-16-46-36-13-11-10-12-31(32)36/h10-14,16,18,21-23,26-27,37,39,49H,15,17,19-20,24-25H2,1-9H3/t26-,27-,37-,39+/m0/s1. The molecule has 8 nitrogen and oxygen atoms in total. The predicted molar refractivity (Wildman–Crippen MR) is 207 cm³/mol. The van der Waals surface area contributed by atoms with Gasteiger partial charge >= 0.3 is 11.9 Å². The van der Waals surface area contributed by atoms with Crippen LogP contribution in [0.3, 0.4) is 0 Å². The van der Waals surface area contributed by atoms with Gasteiger partial charge in [0.25, 0.3) is 0 Å². The SMILES string of the molecule is COC(=O)c1cc(C(C)(C)C)cc2c1Oc1c(COC(=O)C[C@H]3CN4CC[C@H]3C[C@H]4[C@H](O)c3ccnc4ccccc34)cc(C(C)(C)C)cc1C2(C)C. The Kier molecular flexibility index (Phi) is 9.47. The van der Waals surface area contributed by atoms with Crippen molar-refractivity contribution in [1.29, 1.82) is 0 Å². The minimum atomic E-state index is -0.631. The Labute approximate surface area is 313 Å². The maximum Gasteiger partial charge on any atom is 0.341 e. The molecule has 53 heavy (non-hydrogen) atoms. The van der Waals surface area contributed by atoms with E-state index in [4.69, 9.17) is 14.2 Å². The molecule has 1 aromatic heterocycles. The zero-order valence-electron chi connectivity index (χ0n) is 32.7. The Balaban J connectivity index is 1.12. The van der Waals surface area contributed by atoms with Gasteiger partial charge in [-0.3, -0.25) is 14.7 Å². The number of carbonyl (C=O) groups is 2. The number of aromatic nitrogens is 1. The zero-order chi connectivity index (χ0) is 38.0. The average Bonchev–Trinajstić information content (AvgIpc) is 3.12. The Morgan fingerprint density at radius 3 is 2.32 bits per heavy atom. The highest BCUT2D eigenvalue weighted by Crippen LogP contribution is 2.53. The van der Waals surface area contributed by atoms with Crippen molar-refractivity contribution in [2.24, 2.45) is 11.8 Å². The number of rotatable bonds is 7. The van der Waals surface area contributed by atoms with Crippen LogP contribution in [0.25, 0.3) is 10.9 Å². The number of para-hydroxylation sites is 1. The third kappa shape index (κ3) is 6.85. The highest BCUT2D eigenvalue weighted by molar-refractivity contribution is 5.94. The van der Waals surface area contributed by atoms with Crippen molar-refractivity contribution < 1.29 is 28.9 Å². The number of esters is 2. The third-order valence-corrected chi connectivity index (χ3v) is 12.1. The second-order valence-electron chi connectivity index (χ2n) is 18.0. The summed E-state index contributed by atoms with van der Waals surface area (Å²) < 4.78 is 18.1. The summed E-state index contributed by atoms with van der Waals surface area (Å²) in [5.74, 6) is 0.907. The van der Waals surface area contributed by atoms with Crippen molar-refractivity contribution in [3.63, 3.8) is 0 Å². The van der Waals surface area contributed by atoms with Crippen molar-refractivity contribution in [2.75, 3.05) is 20.2 Å². The molecular formula is C45H54N2O6. The van der Waals surface area contributed by atoms with Gasteiger partial charge < -0.3 is 19.3 Å². The highest BCUT2D eigenvalue weighted by atomic mass is 16.5. The van der Waals surface area contributed by atoms with Crippen LogP contribution < -0.4 is 4.74 Å². The summed E-state index contributed by atoms with van der Waals surface area (Å²) in [6.07, 6.45) is 3.30. The van der Waals surface area contributed by atoms with Crippen molar-refractivity contribution in [3.05, 3.63) is 99.7 Å². The minimum Gasteiger partial charge on any atom is -0.465 e. The van der Waals surface area contributed by atoms with E-state index in [1.807, 2.05) is 36.4 Å². The number of fused-ring (bicyclic) bond motifs is 6. The van der Waals surface area contributed by atoms with E-state index < -0.39 is 17.5 Å². The molecule has 8 rings (SSSR count). The summed E-state index contributed by atoms with van der Waals surface area (Å²) in [7, 11) is 1.39. The van der Waals surface area contributed by atoms with Gasteiger partial charge in [0.15, 0.2) is 0 Å². The van der Waals surface area contributed by atoms with Gasteiger partial charge in [-0.25, -0.2) is 4.79 Å². The van der Waals surface area contributed by atoms with Gasteiger partial charge in [0.05, 0.1) is 18.7 Å². The highest BCUT2D eigenvalue weighted by Gasteiger charge is 2.45. The molecule has 280 valence electrons. The lowest BCUT2D eigenvalue weighted by atomic mass is 9.70. The molecule has 4 aromatic rings. The number of methoxy groups -OCH3 is 1. The Hall–Kier alpha value is -4.27. The Morgan fingerprint density at radius 1 is 0.981 bits per heavy atom. The molecule has 4 aliphatic heterocycles. The predicted octanol–water partition coefficient (Wildman–Crippen LogP) is 8.93. The smallest absolute Gasteiger partial charge is 0.341 e. The van der Waals surface area contributed by atoms with Crippen molar-refractivity contribution in [2.45, 2.75) is 110 Å². The molecule has 4 aliphatic rings. The molecule has 0 saturated carbocycles. The molecule has 0 spiro atoms. The van der Waals surface area contributed by atoms with Gasteiger partial charge in [0.2, 0.25) is 0 Å². The topological polar surface area (TPSA) is 98.2 Å². The number of pyridine rings is 1. The van der Waals surface area contributed by atoms with Crippen LogP contribution in [0.1, 0.15) is 124 Å². The number of aliphatic hydroxyl groups is 1. The molecule has 8 heteroatoms. The van der Waals surface area contributed by atoms with Gasteiger partial charge in [0, 0.05) is 52.7 Å². The number of carbonyl (C=O) groups excluding carboxylic acids is 2. The van der Waals surface area contributed by atoms with Gasteiger partial charge in [-0.05, 0) is 83.0 Å². The number of benzene rings is 3. The number of aliphatic hydroxyl groups excluding tert-OH is 1. The first kappa shape index (κ1) is 37.1. The van der Waals surface area contributed by atoms with Crippen LogP contribution in [0.5, 0.6) is 11.5 Å². The first-order valence-corrected chi connectivity index (χ1v) is 19.0. The molecule has 0 radical (unpaired) electrons. The van der Waals surface area contributed by atoms with Crippen LogP contribution in [0.2, 0.25) is 0 Å². The summed E-state index contributed by atoms with van der Waals surface area (Å²) in [4.78, 5) is 33.7. The zero-order valence-corrected chi connectivity index (χ0v) is 32.7. The molecular weight excluding hydrogens is 665 g/mol. The van der Waals surface area contributed by atoms with E-state index in [1.54, 1.807) is 6.20 Å². The number of nitrogens with zero attached hydrogens (tertiary/aromatic N) is 2. The Morgan fingerprint density at radius 2 is 1.66 bits per heavy atom. The van der Waals surface area contributed by atoms with E-state index in [2.05, 4.69) is 83.5 Å². The van der Waals surface area contributed by atoms with Crippen LogP contribution in [0.15, 0.2) is 60.8 Å². The maximum absolute atomic E-state index is 13.6. The lowest BCUT2D eigenvalue weighted by Crippen LogP contribution is -2.55. The number of ether oxygens (including phenoxy) is 3. The van der Waals surface area contributed by atoms with E-state index in [1.165, 1.54) is 7.11 Å². The van der Waals surface area contributed by atoms with Crippen LogP contribution >= 0.6 is 0 Å². The first-order chi connectivity index (χ1) is 25.0. The molecule has 1 N–H and O–H groups in total. The van der Waals surface area contributed by atoms with Gasteiger partial charge in [-0.2, -0.15) is 0 Å². The van der Waals surface area contributed by atoms with Crippen molar-refractivity contribution in [1.82, 2.24) is 9.88 Å². The second kappa shape index (κ2) is 13.5. The molecule has 3 fully saturated rings. The minimum absolute atomic E-state index is 0.00349. The van der Waals surface area contributed by atoms with Gasteiger partial charge in [-0.1, -0.05) is 85.7 Å². The fourth-order valence-electron chi connectivity index (χ4n) is 8.71. The quantitative estimate of drug-likeness (QED) is 0.189. The molecule has 2 bridgehead atoms. The summed E-state index contributed by atoms with van der Waals surface area (Å²) in [6.45, 7) is 19.0. The summed E-state index contributed by atoms with van der Waals surface area (Å²) in [5.41, 5.74) is 6.12. The van der Waals surface area contributed by atoms with Crippen molar-refractivity contribution >= 4 is 22.8 Å². The first-order valence-electron chi connectivity index (χ1n) is 19.0. The second-order valence-corrected chi connectivity index (χ2v) is 18.0. The number of piperidine rings is 3. The monoisotopic (exact) mass is 718 g/mol. The van der Waals surface area contributed by atoms with E-state index in [9.17, 15) is 14.7 Å².